The summed E-state index contributed by atoms with van der Waals surface area (Å²) in [6.07, 6.45) is 0. The van der Waals surface area contributed by atoms with Crippen LogP contribution in [0.25, 0.3) is 0 Å². The zero-order valence-corrected chi connectivity index (χ0v) is 15.6. The Bertz CT molecular complexity index is 486. The molecule has 0 aliphatic rings. The summed E-state index contributed by atoms with van der Waals surface area (Å²) >= 11 is 0. The van der Waals surface area contributed by atoms with E-state index in [1.54, 1.807) is 14.2 Å². The Morgan fingerprint density at radius 3 is 2.42 bits per heavy atom. The predicted molar refractivity (Wildman–Crippen MR) is 101 cm³/mol. The van der Waals surface area contributed by atoms with Crippen molar-refractivity contribution in [1.82, 2.24) is 10.6 Å². The Morgan fingerprint density at radius 2 is 1.83 bits per heavy atom. The van der Waals surface area contributed by atoms with Gasteiger partial charge in [-0.05, 0) is 38.5 Å². The lowest BCUT2D eigenvalue weighted by atomic mass is 10.1. The molecule has 0 unspecified atom stereocenters. The van der Waals surface area contributed by atoms with E-state index in [4.69, 9.17) is 9.47 Å². The van der Waals surface area contributed by atoms with E-state index in [9.17, 15) is 0 Å². The first-order valence-corrected chi connectivity index (χ1v) is 8.40. The molecule has 0 saturated carbocycles. The van der Waals surface area contributed by atoms with E-state index in [0.29, 0.717) is 19.7 Å². The molecule has 0 bridgehead atoms. The van der Waals surface area contributed by atoms with Crippen molar-refractivity contribution in [3.8, 4) is 0 Å². The van der Waals surface area contributed by atoms with Crippen molar-refractivity contribution in [3.63, 3.8) is 0 Å². The molecule has 1 aromatic carbocycles. The summed E-state index contributed by atoms with van der Waals surface area (Å²) in [6.45, 7) is 9.77. The van der Waals surface area contributed by atoms with Crippen LogP contribution in [-0.2, 0) is 16.0 Å². The summed E-state index contributed by atoms with van der Waals surface area (Å²) in [5.41, 5.74) is 2.02. The van der Waals surface area contributed by atoms with Crippen LogP contribution >= 0.6 is 0 Å². The number of methoxy groups -OCH3 is 2. The van der Waals surface area contributed by atoms with Crippen molar-refractivity contribution >= 4 is 11.6 Å². The van der Waals surface area contributed by atoms with E-state index in [2.05, 4.69) is 52.1 Å². The molecule has 24 heavy (non-hydrogen) atoms. The number of hydrogen-bond donors (Lipinski definition) is 3. The minimum Gasteiger partial charge on any atom is -0.383 e. The van der Waals surface area contributed by atoms with Gasteiger partial charge in [-0.3, -0.25) is 0 Å². The van der Waals surface area contributed by atoms with Crippen LogP contribution in [0.2, 0.25) is 0 Å². The monoisotopic (exact) mass is 336 g/mol. The number of nitrogens with zero attached hydrogens (tertiary/aromatic N) is 1. The second-order valence-electron chi connectivity index (χ2n) is 6.13. The van der Waals surface area contributed by atoms with E-state index in [-0.39, 0.29) is 5.60 Å². The number of aliphatic imine (C=N–C) groups is 1. The third-order valence-electron chi connectivity index (χ3n) is 3.59. The van der Waals surface area contributed by atoms with Crippen molar-refractivity contribution in [2.24, 2.45) is 4.99 Å². The first-order chi connectivity index (χ1) is 11.5. The highest BCUT2D eigenvalue weighted by atomic mass is 16.5. The fourth-order valence-corrected chi connectivity index (χ4v) is 1.91. The smallest absolute Gasteiger partial charge is 0.191 e. The highest BCUT2D eigenvalue weighted by Gasteiger charge is 2.16. The van der Waals surface area contributed by atoms with E-state index in [1.165, 1.54) is 0 Å². The van der Waals surface area contributed by atoms with Crippen molar-refractivity contribution < 1.29 is 9.47 Å². The second kappa shape index (κ2) is 10.9. The molecule has 0 radical (unpaired) electrons. The van der Waals surface area contributed by atoms with Crippen molar-refractivity contribution in [2.75, 3.05) is 45.8 Å². The first-order valence-electron chi connectivity index (χ1n) is 8.40. The number of rotatable bonds is 10. The van der Waals surface area contributed by atoms with Gasteiger partial charge in [0, 0.05) is 39.5 Å². The van der Waals surface area contributed by atoms with E-state index >= 15 is 0 Å². The molecule has 136 valence electrons. The van der Waals surface area contributed by atoms with Gasteiger partial charge < -0.3 is 25.4 Å². The van der Waals surface area contributed by atoms with Gasteiger partial charge in [0.05, 0.1) is 18.8 Å². The van der Waals surface area contributed by atoms with Gasteiger partial charge in [0.15, 0.2) is 5.96 Å². The van der Waals surface area contributed by atoms with E-state index in [1.807, 2.05) is 13.8 Å². The summed E-state index contributed by atoms with van der Waals surface area (Å²) < 4.78 is 10.4. The molecular formula is C18H32N4O2. The average molecular weight is 336 g/mol. The Morgan fingerprint density at radius 1 is 1.12 bits per heavy atom. The van der Waals surface area contributed by atoms with Crippen molar-refractivity contribution in [3.05, 3.63) is 29.8 Å². The maximum absolute atomic E-state index is 5.42. The molecule has 0 aliphatic heterocycles. The lowest BCUT2D eigenvalue weighted by molar-refractivity contribution is 0.0268. The SMILES string of the molecule is CCNC(=NCc1ccc(NCCOC)cc1)NCC(C)(C)OC. The van der Waals surface area contributed by atoms with Crippen LogP contribution in [0.4, 0.5) is 5.69 Å². The van der Waals surface area contributed by atoms with Crippen LogP contribution in [0.1, 0.15) is 26.3 Å². The molecule has 0 aromatic heterocycles. The molecule has 6 nitrogen and oxygen atoms in total. The Labute approximate surface area is 146 Å². The van der Waals surface area contributed by atoms with E-state index in [0.717, 1.165) is 30.3 Å². The van der Waals surface area contributed by atoms with Gasteiger partial charge in [0.2, 0.25) is 0 Å². The fraction of sp³-hybridized carbons (Fsp3) is 0.611. The summed E-state index contributed by atoms with van der Waals surface area (Å²) in [7, 11) is 3.42. The normalized spacial score (nSPS) is 12.1. The molecule has 0 heterocycles. The Hall–Kier alpha value is -1.79. The largest absolute Gasteiger partial charge is 0.383 e. The molecule has 1 aromatic rings. The molecule has 3 N–H and O–H groups in total. The minimum atomic E-state index is -0.230. The van der Waals surface area contributed by atoms with Crippen LogP contribution in [-0.4, -0.2) is 52.0 Å². The lowest BCUT2D eigenvalue weighted by Crippen LogP contribution is -2.45. The zero-order valence-electron chi connectivity index (χ0n) is 15.6. The highest BCUT2D eigenvalue weighted by Crippen LogP contribution is 2.10. The van der Waals surface area contributed by atoms with Crippen molar-refractivity contribution in [1.29, 1.82) is 0 Å². The number of ether oxygens (including phenoxy) is 2. The quantitative estimate of drug-likeness (QED) is 0.347. The van der Waals surface area contributed by atoms with Gasteiger partial charge in [-0.25, -0.2) is 4.99 Å². The number of anilines is 1. The molecule has 0 amide bonds. The number of benzene rings is 1. The molecular weight excluding hydrogens is 304 g/mol. The molecule has 6 heteroatoms. The summed E-state index contributed by atoms with van der Waals surface area (Å²) in [5, 5.41) is 9.87. The van der Waals surface area contributed by atoms with Crippen molar-refractivity contribution in [2.45, 2.75) is 32.9 Å². The highest BCUT2D eigenvalue weighted by molar-refractivity contribution is 5.79. The standard InChI is InChI=1S/C18H32N4O2/c1-6-19-17(22-14-18(2,3)24-5)21-13-15-7-9-16(10-8-15)20-11-12-23-4/h7-10,20H,6,11-14H2,1-5H3,(H2,19,21,22). The predicted octanol–water partition coefficient (Wildman–Crippen LogP) is 2.22. The maximum atomic E-state index is 5.42. The van der Waals surface area contributed by atoms with Gasteiger partial charge in [-0.2, -0.15) is 0 Å². The van der Waals surface area contributed by atoms with Gasteiger partial charge in [0.25, 0.3) is 0 Å². The molecule has 0 fully saturated rings. The third-order valence-corrected chi connectivity index (χ3v) is 3.59. The topological polar surface area (TPSA) is 66.9 Å². The average Bonchev–Trinajstić information content (AvgIpc) is 2.59. The van der Waals surface area contributed by atoms with Crippen LogP contribution in [0, 0.1) is 0 Å². The van der Waals surface area contributed by atoms with E-state index < -0.39 is 0 Å². The molecule has 0 atom stereocenters. The minimum absolute atomic E-state index is 0.230. The second-order valence-corrected chi connectivity index (χ2v) is 6.13. The Kier molecular flexibility index (Phi) is 9.19. The summed E-state index contributed by atoms with van der Waals surface area (Å²) in [4.78, 5) is 4.62. The van der Waals surface area contributed by atoms with Gasteiger partial charge in [-0.15, -0.1) is 0 Å². The van der Waals surface area contributed by atoms with Gasteiger partial charge >= 0.3 is 0 Å². The summed E-state index contributed by atoms with van der Waals surface area (Å²) in [5.74, 6) is 0.796. The molecule has 1 rings (SSSR count). The fourth-order valence-electron chi connectivity index (χ4n) is 1.91. The van der Waals surface area contributed by atoms with Gasteiger partial charge in [0.1, 0.15) is 0 Å². The zero-order chi connectivity index (χ0) is 17.8. The number of nitrogens with one attached hydrogen (secondary N) is 3. The lowest BCUT2D eigenvalue weighted by Gasteiger charge is -2.24. The first kappa shape index (κ1) is 20.3. The molecule has 0 spiro atoms. The third kappa shape index (κ3) is 8.17. The number of guanidine groups is 1. The number of hydrogen-bond acceptors (Lipinski definition) is 4. The molecule has 0 aliphatic carbocycles. The molecule has 0 saturated heterocycles. The van der Waals surface area contributed by atoms with Crippen LogP contribution in [0.15, 0.2) is 29.3 Å². The maximum Gasteiger partial charge on any atom is 0.191 e. The van der Waals surface area contributed by atoms with Crippen LogP contribution in [0.5, 0.6) is 0 Å². The van der Waals surface area contributed by atoms with Crippen LogP contribution in [0.3, 0.4) is 0 Å². The van der Waals surface area contributed by atoms with Gasteiger partial charge in [-0.1, -0.05) is 12.1 Å². The Balaban J connectivity index is 2.55. The van der Waals surface area contributed by atoms with Crippen LogP contribution < -0.4 is 16.0 Å². The summed E-state index contributed by atoms with van der Waals surface area (Å²) in [6, 6.07) is 8.30.